The first-order valence-electron chi connectivity index (χ1n) is 9.34. The smallest absolute Gasteiger partial charge is 0.224 e. The van der Waals surface area contributed by atoms with Crippen LogP contribution < -0.4 is 10.6 Å². The number of aromatic nitrogens is 3. The summed E-state index contributed by atoms with van der Waals surface area (Å²) < 4.78 is 5.50. The predicted molar refractivity (Wildman–Crippen MR) is 102 cm³/mol. The Kier molecular flexibility index (Phi) is 5.62. The van der Waals surface area contributed by atoms with Gasteiger partial charge >= 0.3 is 0 Å². The van der Waals surface area contributed by atoms with Gasteiger partial charge in [-0.2, -0.15) is 4.98 Å². The predicted octanol–water partition coefficient (Wildman–Crippen LogP) is 2.33. The molecule has 8 heteroatoms. The lowest BCUT2D eigenvalue weighted by Crippen LogP contribution is -2.13. The third kappa shape index (κ3) is 4.13. The zero-order valence-corrected chi connectivity index (χ0v) is 15.6. The Morgan fingerprint density at radius 3 is 2.92 bits per heavy atom. The summed E-state index contributed by atoms with van der Waals surface area (Å²) in [6.45, 7) is 2.64. The second kappa shape index (κ2) is 8.28. The van der Waals surface area contributed by atoms with Crippen LogP contribution >= 0.6 is 11.3 Å². The van der Waals surface area contributed by atoms with Gasteiger partial charge in [0.25, 0.3) is 0 Å². The maximum atomic E-state index is 9.05. The molecule has 2 aromatic heterocycles. The van der Waals surface area contributed by atoms with E-state index in [1.807, 2.05) is 17.4 Å². The zero-order valence-electron chi connectivity index (χ0n) is 14.8. The van der Waals surface area contributed by atoms with Crippen molar-refractivity contribution < 1.29 is 9.84 Å². The first-order valence-corrected chi connectivity index (χ1v) is 10.2. The largest absolute Gasteiger partial charge is 0.395 e. The van der Waals surface area contributed by atoms with E-state index in [0.717, 1.165) is 36.0 Å². The zero-order chi connectivity index (χ0) is 17.8. The number of anilines is 2. The van der Waals surface area contributed by atoms with Crippen molar-refractivity contribution in [3.63, 3.8) is 0 Å². The average Bonchev–Trinajstić information content (AvgIpc) is 3.34. The highest BCUT2D eigenvalue weighted by Crippen LogP contribution is 2.28. The van der Waals surface area contributed by atoms with Crippen molar-refractivity contribution in [1.82, 2.24) is 15.0 Å². The Morgan fingerprint density at radius 2 is 2.12 bits per heavy atom. The van der Waals surface area contributed by atoms with E-state index in [4.69, 9.17) is 14.8 Å². The highest BCUT2D eigenvalue weighted by Gasteiger charge is 2.21. The van der Waals surface area contributed by atoms with Crippen LogP contribution in [-0.2, 0) is 24.1 Å². The van der Waals surface area contributed by atoms with E-state index in [0.29, 0.717) is 31.6 Å². The third-order valence-corrected chi connectivity index (χ3v) is 5.96. The molecule has 0 spiro atoms. The monoisotopic (exact) mass is 375 g/mol. The molecule has 2 aromatic rings. The second-order valence-electron chi connectivity index (χ2n) is 6.75. The minimum atomic E-state index is 0.0492. The van der Waals surface area contributed by atoms with Gasteiger partial charge in [-0.3, -0.25) is 0 Å². The molecule has 0 saturated carbocycles. The van der Waals surface area contributed by atoms with E-state index in [9.17, 15) is 0 Å². The first-order chi connectivity index (χ1) is 12.8. The summed E-state index contributed by atoms with van der Waals surface area (Å²) >= 11 is 1.82. The Labute approximate surface area is 157 Å². The van der Waals surface area contributed by atoms with E-state index in [1.165, 1.54) is 29.8 Å². The van der Waals surface area contributed by atoms with Gasteiger partial charge in [-0.1, -0.05) is 0 Å². The van der Waals surface area contributed by atoms with Gasteiger partial charge in [-0.15, -0.1) is 11.3 Å². The number of rotatable bonds is 7. The average molecular weight is 375 g/mol. The Morgan fingerprint density at radius 1 is 1.19 bits per heavy atom. The van der Waals surface area contributed by atoms with Crippen molar-refractivity contribution in [3.8, 4) is 0 Å². The molecular weight excluding hydrogens is 350 g/mol. The second-order valence-corrected chi connectivity index (χ2v) is 7.92. The van der Waals surface area contributed by atoms with Crippen LogP contribution in [0, 0.1) is 0 Å². The lowest BCUT2D eigenvalue weighted by molar-refractivity contribution is 0.193. The lowest BCUT2D eigenvalue weighted by atomic mass is 10.0. The van der Waals surface area contributed by atoms with Gasteiger partial charge in [-0.25, -0.2) is 9.97 Å². The molecule has 3 heterocycles. The van der Waals surface area contributed by atoms with E-state index >= 15 is 0 Å². The summed E-state index contributed by atoms with van der Waals surface area (Å²) in [6, 6.07) is 2.01. The van der Waals surface area contributed by atoms with Crippen LogP contribution in [0.25, 0.3) is 0 Å². The fraction of sp³-hybridized carbons (Fsp3) is 0.611. The van der Waals surface area contributed by atoms with Crippen molar-refractivity contribution in [1.29, 1.82) is 0 Å². The summed E-state index contributed by atoms with van der Waals surface area (Å²) in [6.07, 6.45) is 5.79. The number of aryl methyl sites for hydroxylation is 2. The summed E-state index contributed by atoms with van der Waals surface area (Å²) in [4.78, 5) is 15.4. The number of aliphatic hydroxyl groups is 1. The molecule has 0 unspecified atom stereocenters. The molecule has 140 valence electrons. The number of nitrogens with zero attached hydrogens (tertiary/aromatic N) is 3. The molecule has 0 amide bonds. The maximum absolute atomic E-state index is 9.05. The fourth-order valence-electron chi connectivity index (χ4n) is 3.43. The highest BCUT2D eigenvalue weighted by atomic mass is 32.1. The molecular formula is C18H25N5O2S. The minimum Gasteiger partial charge on any atom is -0.395 e. The van der Waals surface area contributed by atoms with Gasteiger partial charge in [0.2, 0.25) is 5.95 Å². The van der Waals surface area contributed by atoms with E-state index in [2.05, 4.69) is 20.6 Å². The molecule has 0 bridgehead atoms. The minimum absolute atomic E-state index is 0.0492. The summed E-state index contributed by atoms with van der Waals surface area (Å²) in [5.74, 6) is 1.64. The van der Waals surface area contributed by atoms with Gasteiger partial charge < -0.3 is 20.5 Å². The Balaban J connectivity index is 1.48. The Bertz CT molecular complexity index is 722. The normalized spacial score (nSPS) is 19.3. The van der Waals surface area contributed by atoms with Crippen LogP contribution in [0.2, 0.25) is 0 Å². The number of hydrogen-bond donors (Lipinski definition) is 3. The number of thiazole rings is 1. The van der Waals surface area contributed by atoms with Gasteiger partial charge in [0.15, 0.2) is 0 Å². The quantitative estimate of drug-likeness (QED) is 0.684. The van der Waals surface area contributed by atoms with Crippen molar-refractivity contribution >= 4 is 23.1 Å². The fourth-order valence-corrected chi connectivity index (χ4v) is 4.52. The molecule has 0 radical (unpaired) electrons. The molecule has 2 aliphatic rings. The molecule has 1 atom stereocenters. The standard InChI is InChI=1S/C18H25N5O2S/c24-7-6-19-18-22-14(12-5-8-25-11-12)9-16(23-18)20-10-17-21-13-3-1-2-4-15(13)26-17/h9,12,24H,1-8,10-11H2,(H2,19,20,22,23)/t12-/m1/s1. The van der Waals surface area contributed by atoms with Crippen molar-refractivity contribution in [2.24, 2.45) is 0 Å². The van der Waals surface area contributed by atoms with Gasteiger partial charge in [0, 0.05) is 30.0 Å². The molecule has 7 nitrogen and oxygen atoms in total. The third-order valence-electron chi connectivity index (χ3n) is 4.80. The molecule has 0 aromatic carbocycles. The number of ether oxygens (including phenoxy) is 1. The highest BCUT2D eigenvalue weighted by molar-refractivity contribution is 7.11. The molecule has 4 rings (SSSR count). The Hall–Kier alpha value is -1.77. The molecule has 1 aliphatic heterocycles. The van der Waals surface area contributed by atoms with E-state index in [-0.39, 0.29) is 6.61 Å². The first kappa shape index (κ1) is 17.6. The molecule has 3 N–H and O–H groups in total. The molecule has 1 fully saturated rings. The van der Waals surface area contributed by atoms with Gasteiger partial charge in [0.05, 0.1) is 31.1 Å². The van der Waals surface area contributed by atoms with E-state index < -0.39 is 0 Å². The van der Waals surface area contributed by atoms with E-state index in [1.54, 1.807) is 0 Å². The molecule has 1 aliphatic carbocycles. The maximum Gasteiger partial charge on any atom is 0.224 e. The van der Waals surface area contributed by atoms with Crippen LogP contribution in [0.3, 0.4) is 0 Å². The van der Waals surface area contributed by atoms with Crippen LogP contribution in [-0.4, -0.2) is 46.4 Å². The van der Waals surface area contributed by atoms with Crippen LogP contribution in [0.5, 0.6) is 0 Å². The van der Waals surface area contributed by atoms with Crippen LogP contribution in [0.15, 0.2) is 6.07 Å². The summed E-state index contributed by atoms with van der Waals surface area (Å²) in [7, 11) is 0. The number of nitrogens with one attached hydrogen (secondary N) is 2. The molecule has 1 saturated heterocycles. The van der Waals surface area contributed by atoms with Crippen LogP contribution in [0.4, 0.5) is 11.8 Å². The van der Waals surface area contributed by atoms with Crippen LogP contribution in [0.1, 0.15) is 46.5 Å². The summed E-state index contributed by atoms with van der Waals surface area (Å²) in [5.41, 5.74) is 2.27. The number of aliphatic hydroxyl groups excluding tert-OH is 1. The topological polar surface area (TPSA) is 92.2 Å². The lowest BCUT2D eigenvalue weighted by Gasteiger charge is -2.13. The van der Waals surface area contributed by atoms with Gasteiger partial charge in [-0.05, 0) is 32.1 Å². The SMILES string of the molecule is OCCNc1nc(NCc2nc3c(s2)CCCC3)cc([C@@H]2CCOC2)n1. The summed E-state index contributed by atoms with van der Waals surface area (Å²) in [5, 5.41) is 16.6. The van der Waals surface area contributed by atoms with Crippen molar-refractivity contribution in [3.05, 3.63) is 27.3 Å². The van der Waals surface area contributed by atoms with Gasteiger partial charge in [0.1, 0.15) is 10.8 Å². The number of hydrogen-bond acceptors (Lipinski definition) is 8. The number of fused-ring (bicyclic) bond motifs is 1. The van der Waals surface area contributed by atoms with Crippen molar-refractivity contribution in [2.75, 3.05) is 37.0 Å². The molecule has 26 heavy (non-hydrogen) atoms. The van der Waals surface area contributed by atoms with Crippen molar-refractivity contribution in [2.45, 2.75) is 44.6 Å².